The molecule has 2 heterocycles. The predicted octanol–water partition coefficient (Wildman–Crippen LogP) is 3.15. The number of carbonyl (C=O) groups excluding carboxylic acids is 1. The highest BCUT2D eigenvalue weighted by molar-refractivity contribution is 9.10. The molecule has 8 heteroatoms. The number of imidazole rings is 1. The number of ether oxygens (including phenoxy) is 2. The lowest BCUT2D eigenvalue weighted by Gasteiger charge is -2.10. The van der Waals surface area contributed by atoms with Gasteiger partial charge in [-0.1, -0.05) is 23.5 Å². The number of esters is 1. The van der Waals surface area contributed by atoms with Gasteiger partial charge in [0.25, 0.3) is 5.56 Å². The van der Waals surface area contributed by atoms with Crippen LogP contribution in [0.15, 0.2) is 45.7 Å². The second-order valence-corrected chi connectivity index (χ2v) is 7.63. The molecule has 0 atom stereocenters. The standard InChI is InChI=1S/C19H13BrN2O4S/c1-10(23)26-17-12(20)7-11(8-15(17)25-2)9-16-18(24)22-14-6-4-3-5-13(14)21-19(22)27-16/h3-9H,1-2H3. The lowest BCUT2D eigenvalue weighted by molar-refractivity contribution is -0.132. The van der Waals surface area contributed by atoms with E-state index in [2.05, 4.69) is 20.9 Å². The molecule has 0 fully saturated rings. The van der Waals surface area contributed by atoms with Crippen LogP contribution >= 0.6 is 27.3 Å². The Morgan fingerprint density at radius 1 is 1.30 bits per heavy atom. The summed E-state index contributed by atoms with van der Waals surface area (Å²) in [5.41, 5.74) is 2.20. The van der Waals surface area contributed by atoms with Crippen LogP contribution in [0.3, 0.4) is 0 Å². The van der Waals surface area contributed by atoms with Crippen LogP contribution in [0.4, 0.5) is 0 Å². The highest BCUT2D eigenvalue weighted by atomic mass is 79.9. The maximum absolute atomic E-state index is 12.8. The van der Waals surface area contributed by atoms with Gasteiger partial charge in [0, 0.05) is 6.92 Å². The Morgan fingerprint density at radius 3 is 2.81 bits per heavy atom. The number of methoxy groups -OCH3 is 1. The van der Waals surface area contributed by atoms with Gasteiger partial charge in [-0.25, -0.2) is 9.38 Å². The van der Waals surface area contributed by atoms with Crippen molar-refractivity contribution in [2.45, 2.75) is 6.92 Å². The number of rotatable bonds is 3. The van der Waals surface area contributed by atoms with Crippen molar-refractivity contribution < 1.29 is 14.3 Å². The quantitative estimate of drug-likeness (QED) is 0.358. The number of nitrogens with zero attached hydrogens (tertiary/aromatic N) is 2. The Bertz CT molecular complexity index is 1310. The Labute approximate surface area is 165 Å². The Kier molecular flexibility index (Phi) is 4.45. The van der Waals surface area contributed by atoms with Gasteiger partial charge in [-0.2, -0.15) is 0 Å². The molecule has 6 nitrogen and oxygen atoms in total. The summed E-state index contributed by atoms with van der Waals surface area (Å²) in [6.45, 7) is 1.32. The normalized spacial score (nSPS) is 12.0. The fourth-order valence-electron chi connectivity index (χ4n) is 2.83. The van der Waals surface area contributed by atoms with E-state index >= 15 is 0 Å². The Balaban J connectivity index is 1.89. The molecular formula is C19H13BrN2O4S. The molecule has 0 aliphatic carbocycles. The van der Waals surface area contributed by atoms with E-state index in [1.807, 2.05) is 24.3 Å². The molecule has 0 saturated carbocycles. The van der Waals surface area contributed by atoms with E-state index < -0.39 is 5.97 Å². The van der Waals surface area contributed by atoms with Crippen LogP contribution in [-0.4, -0.2) is 22.5 Å². The third kappa shape index (κ3) is 3.11. The molecule has 4 rings (SSSR count). The average Bonchev–Trinajstić information content (AvgIpc) is 3.13. The largest absolute Gasteiger partial charge is 0.493 e. The van der Waals surface area contributed by atoms with Gasteiger partial charge >= 0.3 is 5.97 Å². The molecule has 2 aromatic heterocycles. The van der Waals surface area contributed by atoms with Crippen molar-refractivity contribution in [3.05, 3.63) is 61.3 Å². The smallest absolute Gasteiger partial charge is 0.308 e. The first-order chi connectivity index (χ1) is 13.0. The molecule has 136 valence electrons. The summed E-state index contributed by atoms with van der Waals surface area (Å²) in [6.07, 6.45) is 1.77. The molecule has 2 aromatic carbocycles. The maximum Gasteiger partial charge on any atom is 0.308 e. The summed E-state index contributed by atoms with van der Waals surface area (Å²) in [7, 11) is 1.49. The van der Waals surface area contributed by atoms with E-state index in [-0.39, 0.29) is 5.56 Å². The van der Waals surface area contributed by atoms with Crippen molar-refractivity contribution in [1.82, 2.24) is 9.38 Å². The molecule has 27 heavy (non-hydrogen) atoms. The number of para-hydroxylation sites is 2. The van der Waals surface area contributed by atoms with Crippen molar-refractivity contribution >= 4 is 55.3 Å². The van der Waals surface area contributed by atoms with Gasteiger partial charge in [0.1, 0.15) is 0 Å². The summed E-state index contributed by atoms with van der Waals surface area (Å²) in [5.74, 6) is 0.250. The number of thiazole rings is 1. The minimum atomic E-state index is -0.445. The van der Waals surface area contributed by atoms with Crippen LogP contribution in [-0.2, 0) is 4.79 Å². The van der Waals surface area contributed by atoms with E-state index in [1.165, 1.54) is 25.4 Å². The number of aromatic nitrogens is 2. The van der Waals surface area contributed by atoms with E-state index in [1.54, 1.807) is 22.6 Å². The number of halogens is 1. The zero-order chi connectivity index (χ0) is 19.1. The van der Waals surface area contributed by atoms with E-state index in [0.717, 1.165) is 16.6 Å². The SMILES string of the molecule is COc1cc(C=c2sc3nc4ccccc4n3c2=O)cc(Br)c1OC(C)=O. The van der Waals surface area contributed by atoms with Gasteiger partial charge < -0.3 is 9.47 Å². The van der Waals surface area contributed by atoms with Crippen LogP contribution in [0.25, 0.3) is 22.1 Å². The molecule has 0 spiro atoms. The summed E-state index contributed by atoms with van der Waals surface area (Å²) in [6, 6.07) is 11.0. The predicted molar refractivity (Wildman–Crippen MR) is 108 cm³/mol. The topological polar surface area (TPSA) is 69.9 Å². The van der Waals surface area contributed by atoms with Crippen molar-refractivity contribution in [2.75, 3.05) is 7.11 Å². The zero-order valence-corrected chi connectivity index (χ0v) is 16.8. The van der Waals surface area contributed by atoms with E-state index in [4.69, 9.17) is 9.47 Å². The van der Waals surface area contributed by atoms with Crippen LogP contribution < -0.4 is 19.6 Å². The third-order valence-electron chi connectivity index (χ3n) is 3.94. The number of hydrogen-bond acceptors (Lipinski definition) is 6. The fourth-order valence-corrected chi connectivity index (χ4v) is 4.36. The number of carbonyl (C=O) groups is 1. The number of benzene rings is 2. The molecule has 0 aliphatic heterocycles. The molecule has 0 unspecified atom stereocenters. The molecule has 0 saturated heterocycles. The van der Waals surface area contributed by atoms with Crippen LogP contribution in [0.2, 0.25) is 0 Å². The van der Waals surface area contributed by atoms with Crippen molar-refractivity contribution in [2.24, 2.45) is 0 Å². The van der Waals surface area contributed by atoms with Gasteiger partial charge in [0.15, 0.2) is 16.5 Å². The van der Waals surface area contributed by atoms with E-state index in [0.29, 0.717) is 25.5 Å². The first-order valence-corrected chi connectivity index (χ1v) is 9.56. The highest BCUT2D eigenvalue weighted by Gasteiger charge is 2.14. The number of hydrogen-bond donors (Lipinski definition) is 0. The average molecular weight is 445 g/mol. The van der Waals surface area contributed by atoms with Crippen molar-refractivity contribution in [1.29, 1.82) is 0 Å². The summed E-state index contributed by atoms with van der Waals surface area (Å²) < 4.78 is 13.2. The Hall–Kier alpha value is -2.71. The molecule has 0 bridgehead atoms. The van der Waals surface area contributed by atoms with Crippen molar-refractivity contribution in [3.63, 3.8) is 0 Å². The third-order valence-corrected chi connectivity index (χ3v) is 5.50. The highest BCUT2D eigenvalue weighted by Crippen LogP contribution is 2.37. The number of fused-ring (bicyclic) bond motifs is 3. The second kappa shape index (κ2) is 6.79. The first kappa shape index (κ1) is 17.7. The molecule has 0 radical (unpaired) electrons. The summed E-state index contributed by atoms with van der Waals surface area (Å²) >= 11 is 4.71. The molecule has 0 N–H and O–H groups in total. The van der Waals surface area contributed by atoms with Crippen molar-refractivity contribution in [3.8, 4) is 11.5 Å². The van der Waals surface area contributed by atoms with Crippen LogP contribution in [0, 0.1) is 0 Å². The van der Waals surface area contributed by atoms with Crippen LogP contribution in [0.5, 0.6) is 11.5 Å². The molecule has 0 aliphatic rings. The molecular weight excluding hydrogens is 432 g/mol. The van der Waals surface area contributed by atoms with Gasteiger partial charge in [0.2, 0.25) is 0 Å². The van der Waals surface area contributed by atoms with Gasteiger partial charge in [0.05, 0.1) is 27.1 Å². The van der Waals surface area contributed by atoms with Gasteiger partial charge in [-0.3, -0.25) is 9.59 Å². The minimum Gasteiger partial charge on any atom is -0.493 e. The molecule has 0 amide bonds. The minimum absolute atomic E-state index is 0.122. The summed E-state index contributed by atoms with van der Waals surface area (Å²) in [5, 5.41) is 0. The summed E-state index contributed by atoms with van der Waals surface area (Å²) in [4.78, 5) is 29.3. The van der Waals surface area contributed by atoms with E-state index in [9.17, 15) is 9.59 Å². The Morgan fingerprint density at radius 2 is 2.07 bits per heavy atom. The maximum atomic E-state index is 12.8. The fraction of sp³-hybridized carbons (Fsp3) is 0.105. The van der Waals surface area contributed by atoms with Gasteiger partial charge in [-0.15, -0.1) is 0 Å². The lowest BCUT2D eigenvalue weighted by atomic mass is 10.2. The lowest BCUT2D eigenvalue weighted by Crippen LogP contribution is -2.22. The zero-order valence-electron chi connectivity index (χ0n) is 14.4. The molecule has 4 aromatic rings. The first-order valence-electron chi connectivity index (χ1n) is 7.95. The van der Waals surface area contributed by atoms with Crippen LogP contribution in [0.1, 0.15) is 12.5 Å². The monoisotopic (exact) mass is 444 g/mol. The second-order valence-electron chi connectivity index (χ2n) is 5.76. The van der Waals surface area contributed by atoms with Gasteiger partial charge in [-0.05, 0) is 51.8 Å².